The van der Waals surface area contributed by atoms with E-state index in [0.29, 0.717) is 6.04 Å². The average molecular weight is 151 g/mol. The molecular formula is C7H25N3. The molecule has 3 nitrogen and oxygen atoms in total. The molecule has 0 aromatic rings. The Morgan fingerprint density at radius 3 is 2.50 bits per heavy atom. The van der Waals surface area contributed by atoms with Gasteiger partial charge in [0.05, 0.1) is 0 Å². The lowest BCUT2D eigenvalue weighted by molar-refractivity contribution is 0.558. The molecule has 10 heavy (non-hydrogen) atoms. The highest BCUT2D eigenvalue weighted by Gasteiger charge is 1.89. The van der Waals surface area contributed by atoms with Crippen LogP contribution in [0.3, 0.4) is 0 Å². The van der Waals surface area contributed by atoms with E-state index in [9.17, 15) is 0 Å². The predicted octanol–water partition coefficient (Wildman–Crippen LogP) is 0.271. The molecule has 0 amide bonds. The molecule has 0 aromatic heterocycles. The molecule has 0 aliphatic carbocycles. The Morgan fingerprint density at radius 1 is 1.30 bits per heavy atom. The summed E-state index contributed by atoms with van der Waals surface area (Å²) in [6, 6.07) is 0.583. The maximum Gasteiger partial charge on any atom is 0.00791 e. The first kappa shape index (κ1) is 9.88. The molecule has 3 heteroatoms. The fourth-order valence-electron chi connectivity index (χ4n) is 0.676. The third-order valence-electron chi connectivity index (χ3n) is 1.18. The van der Waals surface area contributed by atoms with Crippen LogP contribution in [-0.2, 0) is 0 Å². The minimum atomic E-state index is 0. The van der Waals surface area contributed by atoms with E-state index in [1.807, 2.05) is 0 Å². The van der Waals surface area contributed by atoms with Crippen molar-refractivity contribution in [3.05, 3.63) is 0 Å². The lowest BCUT2D eigenvalue weighted by Crippen LogP contribution is -2.33. The molecule has 0 rings (SSSR count). The van der Waals surface area contributed by atoms with E-state index >= 15 is 0 Å². The fourth-order valence-corrected chi connectivity index (χ4v) is 0.676. The molecular weight excluding hydrogens is 126 g/mol. The van der Waals surface area contributed by atoms with Gasteiger partial charge in [-0.3, -0.25) is 0 Å². The van der Waals surface area contributed by atoms with E-state index in [1.54, 1.807) is 0 Å². The summed E-state index contributed by atoms with van der Waals surface area (Å²) in [6.45, 7) is 7.96. The maximum atomic E-state index is 5.29. The SMILES string of the molecule is CC(C)NCCNCCN.[HH].[HH].[HH]. The summed E-state index contributed by atoms with van der Waals surface area (Å²) in [5.41, 5.74) is 5.29. The van der Waals surface area contributed by atoms with Crippen LogP contribution in [0.1, 0.15) is 18.1 Å². The molecule has 0 radical (unpaired) electrons. The Labute approximate surface area is 67.8 Å². The summed E-state index contributed by atoms with van der Waals surface area (Å²) < 4.78 is 0. The second-order valence-electron chi connectivity index (χ2n) is 2.65. The van der Waals surface area contributed by atoms with E-state index < -0.39 is 0 Å². The fraction of sp³-hybridized carbons (Fsp3) is 1.00. The molecule has 0 heterocycles. The zero-order valence-electron chi connectivity index (χ0n) is 6.98. The van der Waals surface area contributed by atoms with Crippen molar-refractivity contribution in [3.8, 4) is 0 Å². The first-order chi connectivity index (χ1) is 4.77. The van der Waals surface area contributed by atoms with E-state index in [1.165, 1.54) is 0 Å². The van der Waals surface area contributed by atoms with Gasteiger partial charge in [0.15, 0.2) is 0 Å². The van der Waals surface area contributed by atoms with Crippen molar-refractivity contribution in [3.63, 3.8) is 0 Å². The number of hydrogen-bond acceptors (Lipinski definition) is 3. The van der Waals surface area contributed by atoms with E-state index in [-0.39, 0.29) is 4.28 Å². The first-order valence-electron chi connectivity index (χ1n) is 3.91. The second kappa shape index (κ2) is 6.99. The lowest BCUT2D eigenvalue weighted by atomic mass is 10.4. The number of hydrogen-bond donors (Lipinski definition) is 3. The van der Waals surface area contributed by atoms with Crippen LogP contribution >= 0.6 is 0 Å². The molecule has 0 fully saturated rings. The summed E-state index contributed by atoms with van der Waals surface area (Å²) in [7, 11) is 0. The van der Waals surface area contributed by atoms with Gasteiger partial charge in [-0.15, -0.1) is 0 Å². The molecule has 0 bridgehead atoms. The molecule has 0 aliphatic rings. The summed E-state index contributed by atoms with van der Waals surface area (Å²) in [5.74, 6) is 0. The number of rotatable bonds is 6. The standard InChI is InChI=1S/C7H19N3.3H2/c1-7(2)10-6-5-9-4-3-8;;;/h7,9-10H,3-6,8H2,1-2H3;3*1H. The van der Waals surface area contributed by atoms with Gasteiger partial charge in [0.1, 0.15) is 0 Å². The quantitative estimate of drug-likeness (QED) is 0.478. The zero-order chi connectivity index (χ0) is 7.82. The molecule has 0 saturated carbocycles. The van der Waals surface area contributed by atoms with Gasteiger partial charge in [-0.1, -0.05) is 13.8 Å². The zero-order valence-corrected chi connectivity index (χ0v) is 6.98. The van der Waals surface area contributed by atoms with E-state index in [2.05, 4.69) is 24.5 Å². The maximum absolute atomic E-state index is 5.29. The van der Waals surface area contributed by atoms with E-state index in [4.69, 9.17) is 5.73 Å². The molecule has 0 unspecified atom stereocenters. The van der Waals surface area contributed by atoms with Crippen LogP contribution in [0.15, 0.2) is 0 Å². The molecule has 68 valence electrons. The van der Waals surface area contributed by atoms with Crippen LogP contribution < -0.4 is 16.4 Å². The molecule has 0 spiro atoms. The summed E-state index contributed by atoms with van der Waals surface area (Å²) in [5, 5.41) is 6.50. The highest BCUT2D eigenvalue weighted by atomic mass is 15.0. The van der Waals surface area contributed by atoms with Crippen molar-refractivity contribution in [2.24, 2.45) is 5.73 Å². The van der Waals surface area contributed by atoms with Crippen molar-refractivity contribution in [1.29, 1.82) is 0 Å². The molecule has 0 atom stereocenters. The van der Waals surface area contributed by atoms with Gasteiger partial charge in [-0.2, -0.15) is 0 Å². The molecule has 0 saturated heterocycles. The van der Waals surface area contributed by atoms with Gasteiger partial charge in [0, 0.05) is 36.5 Å². The van der Waals surface area contributed by atoms with Gasteiger partial charge < -0.3 is 16.4 Å². The average Bonchev–Trinajstić information content (AvgIpc) is 1.87. The van der Waals surface area contributed by atoms with Crippen LogP contribution in [0.5, 0.6) is 0 Å². The van der Waals surface area contributed by atoms with Crippen molar-refractivity contribution < 1.29 is 4.28 Å². The van der Waals surface area contributed by atoms with Gasteiger partial charge in [0.25, 0.3) is 0 Å². The summed E-state index contributed by atoms with van der Waals surface area (Å²) in [6.07, 6.45) is 0. The van der Waals surface area contributed by atoms with Gasteiger partial charge in [0.2, 0.25) is 0 Å². The topological polar surface area (TPSA) is 50.1 Å². The van der Waals surface area contributed by atoms with Crippen molar-refractivity contribution in [2.45, 2.75) is 19.9 Å². The lowest BCUT2D eigenvalue weighted by Gasteiger charge is -2.07. The molecule has 0 aliphatic heterocycles. The van der Waals surface area contributed by atoms with Crippen LogP contribution in [0.25, 0.3) is 0 Å². The van der Waals surface area contributed by atoms with Crippen LogP contribution in [-0.4, -0.2) is 32.2 Å². The third kappa shape index (κ3) is 7.88. The monoisotopic (exact) mass is 151 g/mol. The van der Waals surface area contributed by atoms with Gasteiger partial charge >= 0.3 is 0 Å². The Bertz CT molecular complexity index is 74.0. The highest BCUT2D eigenvalue weighted by molar-refractivity contribution is 4.55. The first-order valence-corrected chi connectivity index (χ1v) is 3.91. The van der Waals surface area contributed by atoms with E-state index in [0.717, 1.165) is 26.2 Å². The van der Waals surface area contributed by atoms with Crippen molar-refractivity contribution in [1.82, 2.24) is 10.6 Å². The second-order valence-corrected chi connectivity index (χ2v) is 2.65. The minimum absolute atomic E-state index is 0. The van der Waals surface area contributed by atoms with Gasteiger partial charge in [-0.25, -0.2) is 0 Å². The Morgan fingerprint density at radius 2 is 2.00 bits per heavy atom. The van der Waals surface area contributed by atoms with Crippen LogP contribution in [0.2, 0.25) is 0 Å². The summed E-state index contributed by atoms with van der Waals surface area (Å²) in [4.78, 5) is 0. The Balaban J connectivity index is -0.000000135. The van der Waals surface area contributed by atoms with Crippen LogP contribution in [0, 0.1) is 0 Å². The minimum Gasteiger partial charge on any atom is -0.329 e. The number of nitrogens with two attached hydrogens (primary N) is 1. The number of nitrogens with one attached hydrogen (secondary N) is 2. The molecule has 4 N–H and O–H groups in total. The largest absolute Gasteiger partial charge is 0.329 e. The Kier molecular flexibility index (Phi) is 6.91. The van der Waals surface area contributed by atoms with Crippen molar-refractivity contribution >= 4 is 0 Å². The highest BCUT2D eigenvalue weighted by Crippen LogP contribution is 1.72. The normalized spacial score (nSPS) is 10.8. The third-order valence-corrected chi connectivity index (χ3v) is 1.18. The van der Waals surface area contributed by atoms with Gasteiger partial charge in [-0.05, 0) is 0 Å². The summed E-state index contributed by atoms with van der Waals surface area (Å²) >= 11 is 0. The smallest absolute Gasteiger partial charge is 0.00791 e. The Hall–Kier alpha value is -0.120. The van der Waals surface area contributed by atoms with Crippen LogP contribution in [0.4, 0.5) is 0 Å². The van der Waals surface area contributed by atoms with Crippen molar-refractivity contribution in [2.75, 3.05) is 26.2 Å². The predicted molar refractivity (Wildman–Crippen MR) is 51.4 cm³/mol. The molecule has 0 aromatic carbocycles.